The average Bonchev–Trinajstić information content (AvgIpc) is 2.83. The fraction of sp³-hybridized carbons (Fsp3) is 0.179. The molecule has 7 heteroatoms. The summed E-state index contributed by atoms with van der Waals surface area (Å²) in [6.07, 6.45) is 2.12. The second kappa shape index (κ2) is 10.7. The summed E-state index contributed by atoms with van der Waals surface area (Å²) in [6.45, 7) is 2.85. The lowest BCUT2D eigenvalue weighted by Crippen LogP contribution is -2.44. The fourth-order valence-electron chi connectivity index (χ4n) is 4.67. The summed E-state index contributed by atoms with van der Waals surface area (Å²) < 4.78 is 41.5. The molecule has 0 bridgehead atoms. The average molecular weight is 498 g/mol. The number of halogens is 5. The van der Waals surface area contributed by atoms with E-state index < -0.39 is 7.25 Å². The first-order chi connectivity index (χ1) is 16.7. The Kier molecular flexibility index (Phi) is 7.61. The maximum atomic E-state index is 9.75. The van der Waals surface area contributed by atoms with Crippen LogP contribution in [0.15, 0.2) is 91.0 Å². The first kappa shape index (κ1) is 25.0. The number of alkyl halides is 1. The van der Waals surface area contributed by atoms with Gasteiger partial charge in [-0.25, -0.2) is 0 Å². The molecule has 35 heavy (non-hydrogen) atoms. The van der Waals surface area contributed by atoms with E-state index in [4.69, 9.17) is 11.6 Å². The molecule has 0 spiro atoms. The van der Waals surface area contributed by atoms with Crippen molar-refractivity contribution in [2.45, 2.75) is 31.7 Å². The number of pyridine rings is 1. The number of benzene rings is 3. The van der Waals surface area contributed by atoms with Crippen LogP contribution < -0.4 is 4.57 Å². The van der Waals surface area contributed by atoms with Gasteiger partial charge in [0.15, 0.2) is 6.54 Å². The van der Waals surface area contributed by atoms with Gasteiger partial charge >= 0.3 is 7.25 Å². The Morgan fingerprint density at radius 3 is 1.91 bits per heavy atom. The Bertz CT molecular complexity index is 1290. The number of nitrogens with zero attached hydrogens (tertiary/aromatic N) is 1. The standard InChI is InChI=1S/C28H25ClN.BF4/c1-20(29)19-30-27(23-13-6-3-7-14-23)18-26(21-10-4-2-5-11-21)25-17-16-22-12-8-9-15-24(22)28(25)30;2-1(3,4)5/h2-15,18,20H,16-17,19H2,1H3;/q+1;-1. The van der Waals surface area contributed by atoms with Crippen LogP contribution in [0.5, 0.6) is 0 Å². The van der Waals surface area contributed by atoms with Gasteiger partial charge in [-0.15, -0.1) is 11.6 Å². The molecule has 0 saturated carbocycles. The molecule has 0 N–H and O–H groups in total. The van der Waals surface area contributed by atoms with Crippen molar-refractivity contribution in [2.24, 2.45) is 0 Å². The summed E-state index contributed by atoms with van der Waals surface area (Å²) in [6, 6.07) is 32.7. The monoisotopic (exact) mass is 497 g/mol. The van der Waals surface area contributed by atoms with Crippen molar-refractivity contribution in [1.82, 2.24) is 0 Å². The van der Waals surface area contributed by atoms with E-state index in [2.05, 4.69) is 102 Å². The zero-order valence-electron chi connectivity index (χ0n) is 19.3. The number of hydrogen-bond acceptors (Lipinski definition) is 0. The lowest BCUT2D eigenvalue weighted by atomic mass is 9.83. The van der Waals surface area contributed by atoms with E-state index in [1.807, 2.05) is 0 Å². The molecular weight excluding hydrogens is 473 g/mol. The highest BCUT2D eigenvalue weighted by Gasteiger charge is 2.32. The highest BCUT2D eigenvalue weighted by Crippen LogP contribution is 2.39. The third kappa shape index (κ3) is 6.12. The van der Waals surface area contributed by atoms with Crippen molar-refractivity contribution in [1.29, 1.82) is 0 Å². The van der Waals surface area contributed by atoms with Crippen molar-refractivity contribution in [2.75, 3.05) is 0 Å². The second-order valence-electron chi connectivity index (χ2n) is 8.55. The van der Waals surface area contributed by atoms with E-state index in [0.29, 0.717) is 0 Å². The van der Waals surface area contributed by atoms with Crippen LogP contribution in [-0.4, -0.2) is 12.6 Å². The summed E-state index contributed by atoms with van der Waals surface area (Å²) >= 11 is 6.58. The smallest absolute Gasteiger partial charge is 0.418 e. The third-order valence-corrected chi connectivity index (χ3v) is 6.10. The van der Waals surface area contributed by atoms with E-state index in [0.717, 1.165) is 19.4 Å². The van der Waals surface area contributed by atoms with E-state index >= 15 is 0 Å². The number of rotatable bonds is 4. The van der Waals surface area contributed by atoms with Gasteiger partial charge in [0.2, 0.25) is 11.4 Å². The maximum absolute atomic E-state index is 9.75. The molecule has 0 fully saturated rings. The molecule has 0 amide bonds. The van der Waals surface area contributed by atoms with Gasteiger partial charge in [0.25, 0.3) is 0 Å². The molecule has 0 saturated heterocycles. The minimum atomic E-state index is -6.00. The van der Waals surface area contributed by atoms with Gasteiger partial charge < -0.3 is 17.3 Å². The molecular formula is C28H25BClF4N. The van der Waals surface area contributed by atoms with Crippen LogP contribution in [0.25, 0.3) is 33.6 Å². The van der Waals surface area contributed by atoms with Gasteiger partial charge in [0, 0.05) is 22.8 Å². The highest BCUT2D eigenvalue weighted by molar-refractivity contribution is 6.50. The largest absolute Gasteiger partial charge is 0.673 e. The van der Waals surface area contributed by atoms with Gasteiger partial charge in [0.05, 0.1) is 5.38 Å². The van der Waals surface area contributed by atoms with Crippen molar-refractivity contribution in [3.63, 3.8) is 0 Å². The molecule has 1 aliphatic rings. The molecule has 1 unspecified atom stereocenters. The number of hydrogen-bond donors (Lipinski definition) is 0. The Morgan fingerprint density at radius 1 is 0.771 bits per heavy atom. The predicted octanol–water partition coefficient (Wildman–Crippen LogP) is 8.00. The topological polar surface area (TPSA) is 3.88 Å². The molecule has 180 valence electrons. The Balaban J connectivity index is 0.000000527. The van der Waals surface area contributed by atoms with Gasteiger partial charge in [-0.3, -0.25) is 0 Å². The minimum Gasteiger partial charge on any atom is -0.418 e. The van der Waals surface area contributed by atoms with Gasteiger partial charge in [0.1, 0.15) is 0 Å². The molecule has 1 aliphatic carbocycles. The van der Waals surface area contributed by atoms with Crippen molar-refractivity contribution < 1.29 is 21.8 Å². The van der Waals surface area contributed by atoms with Crippen LogP contribution in [0.3, 0.4) is 0 Å². The zero-order valence-corrected chi connectivity index (χ0v) is 20.0. The van der Waals surface area contributed by atoms with Crippen molar-refractivity contribution >= 4 is 18.9 Å². The minimum absolute atomic E-state index is 0.0400. The van der Waals surface area contributed by atoms with Gasteiger partial charge in [-0.1, -0.05) is 66.7 Å². The van der Waals surface area contributed by atoms with Crippen LogP contribution in [0.1, 0.15) is 18.1 Å². The highest BCUT2D eigenvalue weighted by atomic mass is 35.5. The summed E-state index contributed by atoms with van der Waals surface area (Å²) in [5, 5.41) is 0.0400. The second-order valence-corrected chi connectivity index (χ2v) is 9.29. The quantitative estimate of drug-likeness (QED) is 0.116. The summed E-state index contributed by atoms with van der Waals surface area (Å²) in [4.78, 5) is 0. The Labute approximate surface area is 208 Å². The molecule has 1 atom stereocenters. The van der Waals surface area contributed by atoms with Crippen LogP contribution in [0, 0.1) is 0 Å². The van der Waals surface area contributed by atoms with E-state index in [1.54, 1.807) is 0 Å². The molecule has 1 heterocycles. The van der Waals surface area contributed by atoms with E-state index in [1.165, 1.54) is 44.8 Å². The lowest BCUT2D eigenvalue weighted by molar-refractivity contribution is -0.675. The predicted molar refractivity (Wildman–Crippen MR) is 136 cm³/mol. The Hall–Kier alpha value is -3.12. The number of aryl methyl sites for hydroxylation is 1. The Morgan fingerprint density at radius 2 is 1.31 bits per heavy atom. The fourth-order valence-corrected chi connectivity index (χ4v) is 4.81. The summed E-state index contributed by atoms with van der Waals surface area (Å²) in [7, 11) is -6.00. The van der Waals surface area contributed by atoms with Gasteiger partial charge in [-0.2, -0.15) is 4.57 Å². The van der Waals surface area contributed by atoms with E-state index in [-0.39, 0.29) is 5.38 Å². The zero-order chi connectivity index (χ0) is 25.0. The molecule has 1 aromatic heterocycles. The maximum Gasteiger partial charge on any atom is 0.673 e. The third-order valence-electron chi connectivity index (χ3n) is 5.96. The van der Waals surface area contributed by atoms with Crippen molar-refractivity contribution in [3.8, 4) is 33.6 Å². The molecule has 0 radical (unpaired) electrons. The van der Waals surface area contributed by atoms with Crippen molar-refractivity contribution in [3.05, 3.63) is 102 Å². The SMILES string of the molecule is CC(Cl)C[n+]1c(-c2ccccc2)cc(-c2ccccc2)c2c1-c1ccccc1CC2.F[B-](F)(F)F. The molecule has 0 aliphatic heterocycles. The van der Waals surface area contributed by atoms with Crippen LogP contribution in [-0.2, 0) is 19.4 Å². The normalized spacial score (nSPS) is 13.2. The van der Waals surface area contributed by atoms with Gasteiger partial charge in [-0.05, 0) is 54.7 Å². The summed E-state index contributed by atoms with van der Waals surface area (Å²) in [5.74, 6) is 0. The van der Waals surface area contributed by atoms with Crippen LogP contribution >= 0.6 is 11.6 Å². The first-order valence-corrected chi connectivity index (χ1v) is 12.0. The lowest BCUT2D eigenvalue weighted by Gasteiger charge is -2.23. The number of aromatic nitrogens is 1. The van der Waals surface area contributed by atoms with Crippen LogP contribution in [0.2, 0.25) is 0 Å². The molecule has 4 aromatic rings. The number of fused-ring (bicyclic) bond motifs is 3. The first-order valence-electron chi connectivity index (χ1n) is 11.5. The molecule has 3 aromatic carbocycles. The summed E-state index contributed by atoms with van der Waals surface area (Å²) in [5.41, 5.74) is 10.6. The van der Waals surface area contributed by atoms with Crippen LogP contribution in [0.4, 0.5) is 17.3 Å². The molecule has 5 rings (SSSR count). The van der Waals surface area contributed by atoms with E-state index in [9.17, 15) is 17.3 Å². The molecule has 1 nitrogen and oxygen atoms in total.